The number of nitrogens with one attached hydrogen (secondary N) is 1. The standard InChI is InChI=1S/C14H16N4O/c1-9(19)13-17-11-7-4-8-15-12(11)14(18-13)16-10-5-2-3-6-10/h4,7-8,10H,2-3,5-6H2,1H3,(H,16,17,18). The zero-order valence-corrected chi connectivity index (χ0v) is 10.9. The Bertz CT molecular complexity index is 620. The van der Waals surface area contributed by atoms with Gasteiger partial charge in [-0.3, -0.25) is 9.78 Å². The van der Waals surface area contributed by atoms with Gasteiger partial charge in [0.2, 0.25) is 0 Å². The zero-order chi connectivity index (χ0) is 13.2. The summed E-state index contributed by atoms with van der Waals surface area (Å²) in [5, 5.41) is 3.41. The fourth-order valence-electron chi connectivity index (χ4n) is 2.49. The Morgan fingerprint density at radius 3 is 2.84 bits per heavy atom. The predicted octanol–water partition coefficient (Wildman–Crippen LogP) is 2.58. The predicted molar refractivity (Wildman–Crippen MR) is 73.2 cm³/mol. The number of pyridine rings is 1. The molecule has 1 aliphatic carbocycles. The van der Waals surface area contributed by atoms with Crippen molar-refractivity contribution in [1.82, 2.24) is 15.0 Å². The van der Waals surface area contributed by atoms with E-state index in [-0.39, 0.29) is 11.6 Å². The van der Waals surface area contributed by atoms with Gasteiger partial charge in [-0.25, -0.2) is 9.97 Å². The molecule has 19 heavy (non-hydrogen) atoms. The molecular weight excluding hydrogens is 240 g/mol. The summed E-state index contributed by atoms with van der Waals surface area (Å²) in [5.41, 5.74) is 1.45. The number of rotatable bonds is 3. The maximum absolute atomic E-state index is 11.5. The van der Waals surface area contributed by atoms with E-state index in [1.807, 2.05) is 12.1 Å². The van der Waals surface area contributed by atoms with Crippen molar-refractivity contribution in [3.8, 4) is 0 Å². The highest BCUT2D eigenvalue weighted by Crippen LogP contribution is 2.24. The molecule has 0 aromatic carbocycles. The van der Waals surface area contributed by atoms with E-state index in [2.05, 4.69) is 20.3 Å². The number of hydrogen-bond acceptors (Lipinski definition) is 5. The van der Waals surface area contributed by atoms with Gasteiger partial charge in [0.15, 0.2) is 17.4 Å². The highest BCUT2D eigenvalue weighted by molar-refractivity contribution is 5.94. The average molecular weight is 256 g/mol. The molecule has 5 nitrogen and oxygen atoms in total. The highest BCUT2D eigenvalue weighted by Gasteiger charge is 2.18. The van der Waals surface area contributed by atoms with Gasteiger partial charge in [0, 0.05) is 19.2 Å². The van der Waals surface area contributed by atoms with Crippen molar-refractivity contribution >= 4 is 22.6 Å². The molecule has 1 aliphatic rings. The van der Waals surface area contributed by atoms with E-state index in [1.165, 1.54) is 19.8 Å². The van der Waals surface area contributed by atoms with Crippen LogP contribution >= 0.6 is 0 Å². The van der Waals surface area contributed by atoms with E-state index >= 15 is 0 Å². The second kappa shape index (κ2) is 4.91. The first-order valence-corrected chi connectivity index (χ1v) is 6.64. The first kappa shape index (κ1) is 12.0. The summed E-state index contributed by atoms with van der Waals surface area (Å²) < 4.78 is 0. The lowest BCUT2D eigenvalue weighted by Gasteiger charge is -2.14. The zero-order valence-electron chi connectivity index (χ0n) is 10.9. The molecule has 0 spiro atoms. The van der Waals surface area contributed by atoms with Crippen LogP contribution in [0.5, 0.6) is 0 Å². The van der Waals surface area contributed by atoms with Crippen LogP contribution in [0.15, 0.2) is 18.3 Å². The topological polar surface area (TPSA) is 67.8 Å². The van der Waals surface area contributed by atoms with Crippen molar-refractivity contribution in [3.63, 3.8) is 0 Å². The maximum Gasteiger partial charge on any atom is 0.198 e. The molecule has 1 saturated carbocycles. The van der Waals surface area contributed by atoms with Gasteiger partial charge < -0.3 is 5.32 Å². The summed E-state index contributed by atoms with van der Waals surface area (Å²) in [7, 11) is 0. The van der Waals surface area contributed by atoms with Crippen LogP contribution in [0.2, 0.25) is 0 Å². The lowest BCUT2D eigenvalue weighted by atomic mass is 10.2. The Morgan fingerprint density at radius 2 is 2.11 bits per heavy atom. The van der Waals surface area contributed by atoms with Crippen LogP contribution in [0.3, 0.4) is 0 Å². The number of hydrogen-bond donors (Lipinski definition) is 1. The number of fused-ring (bicyclic) bond motifs is 1. The number of carbonyl (C=O) groups is 1. The van der Waals surface area contributed by atoms with Crippen LogP contribution < -0.4 is 5.32 Å². The minimum Gasteiger partial charge on any atom is -0.365 e. The number of carbonyl (C=O) groups excluding carboxylic acids is 1. The second-order valence-corrected chi connectivity index (χ2v) is 4.95. The van der Waals surface area contributed by atoms with Gasteiger partial charge in [0.1, 0.15) is 5.52 Å². The normalized spacial score (nSPS) is 15.8. The third-order valence-electron chi connectivity index (χ3n) is 3.47. The van der Waals surface area contributed by atoms with Crippen molar-refractivity contribution in [2.75, 3.05) is 5.32 Å². The molecule has 0 bridgehead atoms. The lowest BCUT2D eigenvalue weighted by molar-refractivity contribution is 0.100. The van der Waals surface area contributed by atoms with Gasteiger partial charge in [0.05, 0.1) is 5.52 Å². The van der Waals surface area contributed by atoms with Gasteiger partial charge in [-0.05, 0) is 25.0 Å². The van der Waals surface area contributed by atoms with Crippen molar-refractivity contribution < 1.29 is 4.79 Å². The molecule has 2 aromatic heterocycles. The Balaban J connectivity index is 2.06. The summed E-state index contributed by atoms with van der Waals surface area (Å²) in [6.07, 6.45) is 6.50. The first-order valence-electron chi connectivity index (χ1n) is 6.64. The molecule has 0 saturated heterocycles. The molecule has 0 unspecified atom stereocenters. The number of aromatic nitrogens is 3. The number of anilines is 1. The Kier molecular flexibility index (Phi) is 3.11. The summed E-state index contributed by atoms with van der Waals surface area (Å²) in [4.78, 5) is 24.4. The van der Waals surface area contributed by atoms with Crippen molar-refractivity contribution in [2.45, 2.75) is 38.6 Å². The van der Waals surface area contributed by atoms with E-state index in [1.54, 1.807) is 6.20 Å². The minimum atomic E-state index is -0.125. The van der Waals surface area contributed by atoms with E-state index < -0.39 is 0 Å². The fourth-order valence-corrected chi connectivity index (χ4v) is 2.49. The summed E-state index contributed by atoms with van der Waals surface area (Å²) in [6.45, 7) is 1.48. The lowest BCUT2D eigenvalue weighted by Crippen LogP contribution is -2.17. The van der Waals surface area contributed by atoms with E-state index in [0.717, 1.165) is 18.4 Å². The van der Waals surface area contributed by atoms with Gasteiger partial charge in [-0.1, -0.05) is 12.8 Å². The molecule has 98 valence electrons. The van der Waals surface area contributed by atoms with Gasteiger partial charge in [-0.2, -0.15) is 0 Å². The number of ketones is 1. The van der Waals surface area contributed by atoms with Crippen LogP contribution in [-0.2, 0) is 0 Å². The first-order chi connectivity index (χ1) is 9.24. The molecule has 0 radical (unpaired) electrons. The monoisotopic (exact) mass is 256 g/mol. The molecule has 0 atom stereocenters. The molecular formula is C14H16N4O. The molecule has 5 heteroatoms. The average Bonchev–Trinajstić information content (AvgIpc) is 2.91. The number of nitrogens with zero attached hydrogens (tertiary/aromatic N) is 3. The molecule has 2 aromatic rings. The van der Waals surface area contributed by atoms with Gasteiger partial charge in [0.25, 0.3) is 0 Å². The van der Waals surface area contributed by atoms with Crippen LogP contribution in [0.1, 0.15) is 43.2 Å². The largest absolute Gasteiger partial charge is 0.365 e. The molecule has 0 amide bonds. The summed E-state index contributed by atoms with van der Waals surface area (Å²) in [5.74, 6) is 0.809. The third-order valence-corrected chi connectivity index (χ3v) is 3.47. The highest BCUT2D eigenvalue weighted by atomic mass is 16.1. The van der Waals surface area contributed by atoms with Crippen molar-refractivity contribution in [1.29, 1.82) is 0 Å². The molecule has 0 aliphatic heterocycles. The SMILES string of the molecule is CC(=O)c1nc(NC2CCCC2)c2ncccc2n1. The molecule has 1 N–H and O–H groups in total. The Hall–Kier alpha value is -2.04. The smallest absolute Gasteiger partial charge is 0.198 e. The van der Waals surface area contributed by atoms with Crippen LogP contribution in [0, 0.1) is 0 Å². The van der Waals surface area contributed by atoms with Gasteiger partial charge in [-0.15, -0.1) is 0 Å². The van der Waals surface area contributed by atoms with E-state index in [0.29, 0.717) is 17.4 Å². The Morgan fingerprint density at radius 1 is 1.32 bits per heavy atom. The molecule has 2 heterocycles. The van der Waals surface area contributed by atoms with Crippen molar-refractivity contribution in [2.24, 2.45) is 0 Å². The van der Waals surface area contributed by atoms with Gasteiger partial charge >= 0.3 is 0 Å². The Labute approximate surface area is 111 Å². The van der Waals surface area contributed by atoms with Crippen LogP contribution in [0.4, 0.5) is 5.82 Å². The minimum absolute atomic E-state index is 0.125. The fraction of sp³-hybridized carbons (Fsp3) is 0.429. The summed E-state index contributed by atoms with van der Waals surface area (Å²) >= 11 is 0. The maximum atomic E-state index is 11.5. The summed E-state index contributed by atoms with van der Waals surface area (Å²) in [6, 6.07) is 4.11. The third kappa shape index (κ3) is 2.41. The molecule has 1 fully saturated rings. The van der Waals surface area contributed by atoms with E-state index in [9.17, 15) is 4.79 Å². The van der Waals surface area contributed by atoms with Crippen LogP contribution in [-0.4, -0.2) is 26.8 Å². The van der Waals surface area contributed by atoms with Crippen LogP contribution in [0.25, 0.3) is 11.0 Å². The number of Topliss-reactive ketones (excluding diaryl/α,β-unsaturated/α-hetero) is 1. The second-order valence-electron chi connectivity index (χ2n) is 4.95. The quantitative estimate of drug-likeness (QED) is 0.855. The van der Waals surface area contributed by atoms with E-state index in [4.69, 9.17) is 0 Å². The molecule has 3 rings (SSSR count). The van der Waals surface area contributed by atoms with Crippen molar-refractivity contribution in [3.05, 3.63) is 24.2 Å².